The molecule has 0 aliphatic heterocycles. The van der Waals surface area contributed by atoms with Crippen LogP contribution in [0.1, 0.15) is 101 Å². The van der Waals surface area contributed by atoms with Gasteiger partial charge < -0.3 is 0 Å². The molecule has 0 aromatic rings. The lowest BCUT2D eigenvalue weighted by Crippen LogP contribution is -2.29. The fraction of sp³-hybridized carbons (Fsp3) is 0.955. The van der Waals surface area contributed by atoms with Crippen molar-refractivity contribution in [2.45, 2.75) is 96.7 Å². The SMILES string of the molecule is [2H]C1CC(C2CCC(CCC)CC2)CC([2H])([2H])C1C1CCC(C#N)CC1. The molecule has 0 bridgehead atoms. The maximum absolute atomic E-state index is 9.11. The van der Waals surface area contributed by atoms with Gasteiger partial charge in [0.2, 0.25) is 0 Å². The van der Waals surface area contributed by atoms with E-state index in [0.29, 0.717) is 24.2 Å². The van der Waals surface area contributed by atoms with E-state index in [-0.39, 0.29) is 18.2 Å². The Labute approximate surface area is 148 Å². The van der Waals surface area contributed by atoms with Crippen LogP contribution in [0.5, 0.6) is 0 Å². The van der Waals surface area contributed by atoms with Crippen molar-refractivity contribution >= 4 is 0 Å². The molecule has 3 rings (SSSR count). The first kappa shape index (κ1) is 13.7. The van der Waals surface area contributed by atoms with Crippen molar-refractivity contribution in [1.29, 1.82) is 5.26 Å². The average molecular weight is 319 g/mol. The second-order valence-corrected chi connectivity index (χ2v) is 8.48. The summed E-state index contributed by atoms with van der Waals surface area (Å²) in [6, 6.07) is 2.38. The van der Waals surface area contributed by atoms with Crippen LogP contribution >= 0.6 is 0 Å². The van der Waals surface area contributed by atoms with Crippen LogP contribution in [0.3, 0.4) is 0 Å². The monoisotopic (exact) mass is 318 g/mol. The first-order chi connectivity index (χ1) is 12.4. The quantitative estimate of drug-likeness (QED) is 0.563. The molecule has 3 unspecified atom stereocenters. The van der Waals surface area contributed by atoms with Crippen molar-refractivity contribution in [3.05, 3.63) is 0 Å². The molecule has 0 radical (unpaired) electrons. The summed E-state index contributed by atoms with van der Waals surface area (Å²) in [5.74, 6) is 2.33. The van der Waals surface area contributed by atoms with Crippen molar-refractivity contribution < 1.29 is 4.11 Å². The van der Waals surface area contributed by atoms with Gasteiger partial charge in [0.25, 0.3) is 0 Å². The molecule has 1 nitrogen and oxygen atoms in total. The Hall–Kier alpha value is -0.510. The van der Waals surface area contributed by atoms with Crippen LogP contribution in [0, 0.1) is 46.8 Å². The summed E-state index contributed by atoms with van der Waals surface area (Å²) < 4.78 is 26.3. The lowest BCUT2D eigenvalue weighted by molar-refractivity contribution is 0.107. The largest absolute Gasteiger partial charge is 0.198 e. The topological polar surface area (TPSA) is 23.8 Å². The highest BCUT2D eigenvalue weighted by Gasteiger charge is 2.34. The third kappa shape index (κ3) is 4.52. The van der Waals surface area contributed by atoms with Gasteiger partial charge >= 0.3 is 0 Å². The summed E-state index contributed by atoms with van der Waals surface area (Å²) in [4.78, 5) is 0. The summed E-state index contributed by atoms with van der Waals surface area (Å²) >= 11 is 0. The van der Waals surface area contributed by atoms with Gasteiger partial charge in [0.05, 0.1) is 6.07 Å². The van der Waals surface area contributed by atoms with Crippen LogP contribution in [0.25, 0.3) is 0 Å². The molecule has 3 atom stereocenters. The van der Waals surface area contributed by atoms with E-state index in [1.54, 1.807) is 0 Å². The minimum absolute atomic E-state index is 0.116. The summed E-state index contributed by atoms with van der Waals surface area (Å²) in [6.07, 6.45) is 11.7. The second-order valence-electron chi connectivity index (χ2n) is 8.48. The Balaban J connectivity index is 1.58. The molecule has 3 saturated carbocycles. The molecule has 0 aromatic carbocycles. The summed E-state index contributed by atoms with van der Waals surface area (Å²) in [6.45, 7) is 2.27. The Morgan fingerprint density at radius 1 is 0.826 bits per heavy atom. The molecular weight excluding hydrogens is 278 g/mol. The average Bonchev–Trinajstić information content (AvgIpc) is 2.62. The zero-order valence-electron chi connectivity index (χ0n) is 18.0. The first-order valence-electron chi connectivity index (χ1n) is 11.8. The molecule has 1 heteroatoms. The van der Waals surface area contributed by atoms with E-state index in [4.69, 9.17) is 9.37 Å². The van der Waals surface area contributed by atoms with E-state index < -0.39 is 6.37 Å². The van der Waals surface area contributed by atoms with E-state index in [1.807, 2.05) is 0 Å². The van der Waals surface area contributed by atoms with Crippen molar-refractivity contribution in [2.24, 2.45) is 35.5 Å². The molecule has 130 valence electrons. The molecule has 0 heterocycles. The van der Waals surface area contributed by atoms with Crippen molar-refractivity contribution in [3.63, 3.8) is 0 Å². The van der Waals surface area contributed by atoms with Crippen molar-refractivity contribution in [1.82, 2.24) is 0 Å². The Morgan fingerprint density at radius 2 is 1.43 bits per heavy atom. The number of hydrogen-bond acceptors (Lipinski definition) is 1. The van der Waals surface area contributed by atoms with Gasteiger partial charge in [-0.1, -0.05) is 32.6 Å². The summed E-state index contributed by atoms with van der Waals surface area (Å²) in [5.41, 5.74) is 0. The molecule has 0 spiro atoms. The van der Waals surface area contributed by atoms with Gasteiger partial charge in [-0.2, -0.15) is 5.26 Å². The van der Waals surface area contributed by atoms with E-state index in [2.05, 4.69) is 13.0 Å². The highest BCUT2D eigenvalue weighted by atomic mass is 14.4. The van der Waals surface area contributed by atoms with E-state index in [1.165, 1.54) is 38.5 Å². The number of nitriles is 1. The second kappa shape index (κ2) is 8.55. The number of rotatable bonds is 4. The van der Waals surface area contributed by atoms with Gasteiger partial charge in [-0.05, 0) is 93.7 Å². The van der Waals surface area contributed by atoms with E-state index in [0.717, 1.165) is 38.0 Å². The smallest absolute Gasteiger partial charge is 0.0655 e. The molecule has 3 fully saturated rings. The van der Waals surface area contributed by atoms with Crippen LogP contribution in [0.4, 0.5) is 0 Å². The van der Waals surface area contributed by atoms with Crippen LogP contribution in [-0.4, -0.2) is 0 Å². The van der Waals surface area contributed by atoms with E-state index in [9.17, 15) is 0 Å². The standard InChI is InChI=1S/C22H37N/c1-2-3-17-4-8-19(9-5-17)21-12-14-22(15-13-21)20-10-6-18(16-23)7-11-20/h17-22H,2-15H2,1H3/i14D,15D2. The fourth-order valence-electron chi connectivity index (χ4n) is 5.46. The molecule has 0 aromatic heterocycles. The minimum atomic E-state index is -1.19. The zero-order valence-corrected chi connectivity index (χ0v) is 15.0. The third-order valence-electron chi connectivity index (χ3n) is 7.03. The van der Waals surface area contributed by atoms with Gasteiger partial charge in [-0.25, -0.2) is 0 Å². The fourth-order valence-corrected chi connectivity index (χ4v) is 5.46. The molecule has 0 saturated heterocycles. The predicted octanol–water partition coefficient (Wildman–Crippen LogP) is 6.73. The first-order valence-corrected chi connectivity index (χ1v) is 10.3. The Kier molecular flexibility index (Phi) is 5.11. The zero-order chi connectivity index (χ0) is 18.7. The summed E-state index contributed by atoms with van der Waals surface area (Å²) in [5, 5.41) is 9.11. The van der Waals surface area contributed by atoms with Crippen LogP contribution in [0.2, 0.25) is 0 Å². The number of nitrogens with zero attached hydrogens (tertiary/aromatic N) is 1. The van der Waals surface area contributed by atoms with Crippen LogP contribution in [0.15, 0.2) is 0 Å². The maximum Gasteiger partial charge on any atom is 0.0655 e. The number of hydrogen-bond donors (Lipinski definition) is 0. The lowest BCUT2D eigenvalue weighted by Gasteiger charge is -2.41. The maximum atomic E-state index is 9.11. The van der Waals surface area contributed by atoms with E-state index >= 15 is 0 Å². The Morgan fingerprint density at radius 3 is 2.04 bits per heavy atom. The van der Waals surface area contributed by atoms with Crippen molar-refractivity contribution in [3.8, 4) is 6.07 Å². The molecule has 3 aliphatic rings. The van der Waals surface area contributed by atoms with Gasteiger partial charge in [0.15, 0.2) is 0 Å². The molecule has 0 N–H and O–H groups in total. The van der Waals surface area contributed by atoms with Crippen LogP contribution < -0.4 is 0 Å². The van der Waals surface area contributed by atoms with Crippen LogP contribution in [-0.2, 0) is 0 Å². The minimum Gasteiger partial charge on any atom is -0.198 e. The molecule has 3 aliphatic carbocycles. The van der Waals surface area contributed by atoms with Gasteiger partial charge in [0, 0.05) is 10.0 Å². The lowest BCUT2D eigenvalue weighted by atomic mass is 9.65. The highest BCUT2D eigenvalue weighted by Crippen LogP contribution is 2.46. The third-order valence-corrected chi connectivity index (χ3v) is 7.03. The molecule has 23 heavy (non-hydrogen) atoms. The molecule has 0 amide bonds. The van der Waals surface area contributed by atoms with Gasteiger partial charge in [-0.3, -0.25) is 0 Å². The summed E-state index contributed by atoms with van der Waals surface area (Å²) in [7, 11) is 0. The van der Waals surface area contributed by atoms with Gasteiger partial charge in [0.1, 0.15) is 0 Å². The Bertz CT molecular complexity index is 484. The normalized spacial score (nSPS) is 49.4. The predicted molar refractivity (Wildman–Crippen MR) is 96.9 cm³/mol. The molecular formula is C22H37N. The van der Waals surface area contributed by atoms with Crippen molar-refractivity contribution in [2.75, 3.05) is 0 Å². The highest BCUT2D eigenvalue weighted by molar-refractivity contribution is 4.90. The van der Waals surface area contributed by atoms with Gasteiger partial charge in [-0.15, -0.1) is 0 Å².